The molecule has 3 amide bonds. The molecule has 0 aromatic heterocycles. The van der Waals surface area contributed by atoms with E-state index in [2.05, 4.69) is 0 Å². The Morgan fingerprint density at radius 2 is 1.70 bits per heavy atom. The molecule has 2 saturated carbocycles. The molecule has 1 saturated heterocycles. The summed E-state index contributed by atoms with van der Waals surface area (Å²) in [6, 6.07) is 4.04. The van der Waals surface area contributed by atoms with Gasteiger partial charge in [-0.2, -0.15) is 13.2 Å². The molecule has 5 aliphatic rings. The number of allylic oxidation sites excluding steroid dienone is 2. The maximum absolute atomic E-state index is 13.3. The van der Waals surface area contributed by atoms with Crippen LogP contribution in [0.5, 0.6) is 0 Å². The zero-order valence-electron chi connectivity index (χ0n) is 15.9. The predicted molar refractivity (Wildman–Crippen MR) is 101 cm³/mol. The molecule has 0 radical (unpaired) electrons. The predicted octanol–water partition coefficient (Wildman–Crippen LogP) is 3.55. The molecule has 1 aliphatic heterocycles. The van der Waals surface area contributed by atoms with Gasteiger partial charge in [-0.3, -0.25) is 24.2 Å². The lowest BCUT2D eigenvalue weighted by Gasteiger charge is -2.37. The van der Waals surface area contributed by atoms with Crippen LogP contribution in [0.15, 0.2) is 30.4 Å². The lowest BCUT2D eigenvalue weighted by Crippen LogP contribution is -2.49. The first-order valence-corrected chi connectivity index (χ1v) is 10.2. The van der Waals surface area contributed by atoms with Crippen molar-refractivity contribution in [2.45, 2.75) is 19.5 Å². The van der Waals surface area contributed by atoms with E-state index in [-0.39, 0.29) is 22.5 Å². The third-order valence-corrected chi connectivity index (χ3v) is 7.40. The number of halogens is 4. The van der Waals surface area contributed by atoms with Crippen molar-refractivity contribution < 1.29 is 27.6 Å². The van der Waals surface area contributed by atoms with Crippen LogP contribution in [-0.2, 0) is 14.4 Å². The van der Waals surface area contributed by atoms with Gasteiger partial charge >= 0.3 is 12.1 Å². The molecule has 3 fully saturated rings. The number of alkyl halides is 3. The second-order valence-corrected chi connectivity index (χ2v) is 8.97. The van der Waals surface area contributed by atoms with Crippen molar-refractivity contribution in [3.05, 3.63) is 40.9 Å². The van der Waals surface area contributed by atoms with Crippen LogP contribution in [-0.4, -0.2) is 35.5 Å². The third kappa shape index (κ3) is 2.72. The number of aryl methyl sites for hydroxylation is 1. The van der Waals surface area contributed by atoms with E-state index in [1.54, 1.807) is 6.92 Å². The smallest absolute Gasteiger partial charge is 0.286 e. The van der Waals surface area contributed by atoms with Crippen molar-refractivity contribution in [1.29, 1.82) is 0 Å². The number of imide groups is 1. The van der Waals surface area contributed by atoms with Gasteiger partial charge in [0.2, 0.25) is 11.8 Å². The molecule has 5 nitrogen and oxygen atoms in total. The van der Waals surface area contributed by atoms with Crippen LogP contribution >= 0.6 is 11.6 Å². The number of amides is 3. The van der Waals surface area contributed by atoms with Gasteiger partial charge in [0, 0.05) is 10.7 Å². The van der Waals surface area contributed by atoms with Gasteiger partial charge in [-0.25, -0.2) is 0 Å². The molecule has 0 spiro atoms. The summed E-state index contributed by atoms with van der Waals surface area (Å²) in [7, 11) is 0. The molecule has 0 N–H and O–H groups in total. The highest BCUT2D eigenvalue weighted by Crippen LogP contribution is 2.65. The number of rotatable bonds is 3. The van der Waals surface area contributed by atoms with E-state index < -0.39 is 42.4 Å². The van der Waals surface area contributed by atoms with Gasteiger partial charge < -0.3 is 0 Å². The van der Waals surface area contributed by atoms with Crippen LogP contribution in [0.25, 0.3) is 0 Å². The highest BCUT2D eigenvalue weighted by Gasteiger charge is 2.67. The number of hydrogen-bond acceptors (Lipinski definition) is 3. The molecule has 158 valence electrons. The number of hydrogen-bond donors (Lipinski definition) is 0. The largest absolute Gasteiger partial charge is 0.471 e. The highest BCUT2D eigenvalue weighted by atomic mass is 35.5. The summed E-state index contributed by atoms with van der Waals surface area (Å²) in [5.41, 5.74) is 0.508. The van der Waals surface area contributed by atoms with Crippen molar-refractivity contribution in [2.75, 3.05) is 11.6 Å². The molecule has 1 aromatic carbocycles. The first-order chi connectivity index (χ1) is 14.1. The lowest BCUT2D eigenvalue weighted by molar-refractivity contribution is -0.171. The molecule has 1 heterocycles. The van der Waals surface area contributed by atoms with Crippen molar-refractivity contribution >= 4 is 35.0 Å². The number of carbonyl (C=O) groups excluding carboxylic acids is 3. The molecule has 6 atom stereocenters. The van der Waals surface area contributed by atoms with E-state index in [0.29, 0.717) is 22.3 Å². The lowest BCUT2D eigenvalue weighted by atomic mass is 9.63. The number of likely N-dealkylation sites (tertiary alicyclic amines) is 1. The van der Waals surface area contributed by atoms with Crippen molar-refractivity contribution in [1.82, 2.24) is 4.90 Å². The minimum absolute atomic E-state index is 0.0490. The Balaban J connectivity index is 1.48. The Labute approximate surface area is 175 Å². The van der Waals surface area contributed by atoms with Crippen molar-refractivity contribution in [3.8, 4) is 0 Å². The molecular formula is C21H18ClF3N2O3. The summed E-state index contributed by atoms with van der Waals surface area (Å²) < 4.78 is 39.9. The fourth-order valence-electron chi connectivity index (χ4n) is 5.47. The van der Waals surface area contributed by atoms with Gasteiger partial charge in [0.15, 0.2) is 0 Å². The Bertz CT molecular complexity index is 972. The van der Waals surface area contributed by atoms with Gasteiger partial charge in [0.05, 0.1) is 11.8 Å². The van der Waals surface area contributed by atoms with Gasteiger partial charge in [0.25, 0.3) is 0 Å². The van der Waals surface area contributed by atoms with Crippen LogP contribution in [0.2, 0.25) is 5.02 Å². The zero-order chi connectivity index (χ0) is 21.5. The molecular weight excluding hydrogens is 421 g/mol. The molecule has 2 bridgehead atoms. The Kier molecular flexibility index (Phi) is 4.13. The van der Waals surface area contributed by atoms with E-state index in [0.717, 1.165) is 11.3 Å². The Morgan fingerprint density at radius 3 is 2.20 bits per heavy atom. The Morgan fingerprint density at radius 1 is 1.13 bits per heavy atom. The normalized spacial score (nSPS) is 33.6. The third-order valence-electron chi connectivity index (χ3n) is 6.99. The monoisotopic (exact) mass is 438 g/mol. The maximum Gasteiger partial charge on any atom is 0.471 e. The molecule has 4 aliphatic carbocycles. The summed E-state index contributed by atoms with van der Waals surface area (Å²) in [5, 5.41) is 0.183. The van der Waals surface area contributed by atoms with E-state index in [9.17, 15) is 27.6 Å². The summed E-state index contributed by atoms with van der Waals surface area (Å²) in [6.45, 7) is 0.894. The fraction of sp³-hybridized carbons (Fsp3) is 0.476. The topological polar surface area (TPSA) is 57.7 Å². The second kappa shape index (κ2) is 6.33. The minimum atomic E-state index is -5.17. The van der Waals surface area contributed by atoms with Gasteiger partial charge in [-0.15, -0.1) is 0 Å². The summed E-state index contributed by atoms with van der Waals surface area (Å²) in [5.74, 6) is -3.56. The van der Waals surface area contributed by atoms with E-state index >= 15 is 0 Å². The first kappa shape index (κ1) is 19.6. The summed E-state index contributed by atoms with van der Waals surface area (Å²) >= 11 is 6.04. The van der Waals surface area contributed by atoms with Crippen LogP contribution in [0.1, 0.15) is 12.0 Å². The van der Waals surface area contributed by atoms with E-state index in [4.69, 9.17) is 11.6 Å². The molecule has 1 aromatic rings. The van der Waals surface area contributed by atoms with Crippen LogP contribution in [0.3, 0.4) is 0 Å². The SMILES string of the molecule is Cc1ccc(N(CN2C(=O)[C@H]3[C@@H]4C=C[C@H]([C@@H]5C[C@H]45)[C@@H]3C2=O)C(=O)C(F)(F)F)cc1Cl. The fourth-order valence-corrected chi connectivity index (χ4v) is 5.64. The van der Waals surface area contributed by atoms with Crippen molar-refractivity contribution in [2.24, 2.45) is 35.5 Å². The zero-order valence-corrected chi connectivity index (χ0v) is 16.7. The van der Waals surface area contributed by atoms with Crippen LogP contribution < -0.4 is 4.90 Å². The number of nitrogens with zero attached hydrogens (tertiary/aromatic N) is 2. The average Bonchev–Trinajstić information content (AvgIpc) is 3.47. The standard InChI is InChI=1S/C21H18ClF3N2O3/c1-9-2-3-10(6-15(9)22)26(20(30)21(23,24)25)8-27-18(28)16-11-4-5-12(14-7-13(11)14)17(16)19(27)29/h2-6,11-14,16-17H,7-8H2,1H3/t11-,12-,13-,14+,16+,17+/m1/s1. The van der Waals surface area contributed by atoms with Crippen molar-refractivity contribution in [3.63, 3.8) is 0 Å². The van der Waals surface area contributed by atoms with Gasteiger partial charge in [-0.1, -0.05) is 29.8 Å². The van der Waals surface area contributed by atoms with Crippen LogP contribution in [0.4, 0.5) is 18.9 Å². The molecule has 30 heavy (non-hydrogen) atoms. The molecule has 0 unspecified atom stereocenters. The molecule has 9 heteroatoms. The highest BCUT2D eigenvalue weighted by molar-refractivity contribution is 6.31. The summed E-state index contributed by atoms with van der Waals surface area (Å²) in [6.07, 6.45) is -0.227. The number of carbonyl (C=O) groups is 3. The number of anilines is 1. The minimum Gasteiger partial charge on any atom is -0.286 e. The van der Waals surface area contributed by atoms with E-state index in [1.807, 2.05) is 12.2 Å². The quantitative estimate of drug-likeness (QED) is 0.535. The van der Waals surface area contributed by atoms with Gasteiger partial charge in [0.1, 0.15) is 6.67 Å². The van der Waals surface area contributed by atoms with Crippen LogP contribution in [0, 0.1) is 42.4 Å². The first-order valence-electron chi connectivity index (χ1n) is 9.78. The molecule has 6 rings (SSSR count). The summed E-state index contributed by atoms with van der Waals surface area (Å²) in [4.78, 5) is 39.6. The average molecular weight is 439 g/mol. The maximum atomic E-state index is 13.3. The Hall–Kier alpha value is -2.35. The second-order valence-electron chi connectivity index (χ2n) is 8.56. The van der Waals surface area contributed by atoms with E-state index in [1.165, 1.54) is 18.2 Å². The van der Waals surface area contributed by atoms with Gasteiger partial charge in [-0.05, 0) is 54.7 Å². The number of benzene rings is 1.